The Morgan fingerprint density at radius 2 is 1.73 bits per heavy atom. The number of anilines is 2. The van der Waals surface area contributed by atoms with Crippen molar-refractivity contribution in [1.29, 1.82) is 0 Å². The van der Waals surface area contributed by atoms with Gasteiger partial charge in [0.15, 0.2) is 17.1 Å². The Hall–Kier alpha value is -3.81. The predicted molar refractivity (Wildman–Crippen MR) is 127 cm³/mol. The van der Waals surface area contributed by atoms with Crippen LogP contribution in [0.25, 0.3) is 11.0 Å². The van der Waals surface area contributed by atoms with E-state index in [0.717, 1.165) is 79.0 Å². The molecule has 168 valence electrons. The summed E-state index contributed by atoms with van der Waals surface area (Å²) < 4.78 is 11.0. The Balaban J connectivity index is 1.36. The molecule has 0 saturated heterocycles. The van der Waals surface area contributed by atoms with Gasteiger partial charge in [0.2, 0.25) is 5.95 Å². The number of hydrogen-bond donors (Lipinski definition) is 1. The average Bonchev–Trinajstić information content (AvgIpc) is 3.29. The number of ether oxygens (including phenoxy) is 2. The molecule has 4 aromatic rings. The first-order chi connectivity index (χ1) is 16.2. The van der Waals surface area contributed by atoms with E-state index in [1.807, 2.05) is 6.07 Å². The van der Waals surface area contributed by atoms with Gasteiger partial charge in [-0.1, -0.05) is 30.3 Å². The first-order valence-corrected chi connectivity index (χ1v) is 11.3. The van der Waals surface area contributed by atoms with E-state index in [0.29, 0.717) is 0 Å². The number of nitrogens with one attached hydrogen (secondary N) is 1. The molecule has 1 N–H and O–H groups in total. The van der Waals surface area contributed by atoms with E-state index < -0.39 is 0 Å². The average molecular weight is 443 g/mol. The van der Waals surface area contributed by atoms with Crippen LogP contribution < -0.4 is 19.3 Å². The summed E-state index contributed by atoms with van der Waals surface area (Å²) >= 11 is 0. The lowest BCUT2D eigenvalue weighted by molar-refractivity contribution is 0.353. The Morgan fingerprint density at radius 3 is 2.52 bits per heavy atom. The number of hydrogen-bond acceptors (Lipinski definition) is 7. The molecule has 2 aromatic carbocycles. The van der Waals surface area contributed by atoms with Crippen LogP contribution in [0.4, 0.5) is 11.8 Å². The molecule has 2 aliphatic rings. The lowest BCUT2D eigenvalue weighted by atomic mass is 9.99. The monoisotopic (exact) mass is 442 g/mol. The van der Waals surface area contributed by atoms with Crippen molar-refractivity contribution in [2.45, 2.75) is 25.9 Å². The number of benzene rings is 2. The van der Waals surface area contributed by atoms with E-state index in [9.17, 15) is 0 Å². The molecule has 0 fully saturated rings. The molecule has 0 atom stereocenters. The minimum atomic E-state index is 0.723. The molecule has 4 heterocycles. The molecule has 0 amide bonds. The van der Waals surface area contributed by atoms with Gasteiger partial charge in [0.1, 0.15) is 5.82 Å². The predicted octanol–water partition coefficient (Wildman–Crippen LogP) is 3.50. The van der Waals surface area contributed by atoms with Crippen molar-refractivity contribution < 1.29 is 9.47 Å². The summed E-state index contributed by atoms with van der Waals surface area (Å²) in [7, 11) is 3.34. The Kier molecular flexibility index (Phi) is 4.78. The van der Waals surface area contributed by atoms with Gasteiger partial charge in [0, 0.05) is 32.6 Å². The maximum absolute atomic E-state index is 5.52. The second-order valence-corrected chi connectivity index (χ2v) is 8.55. The summed E-state index contributed by atoms with van der Waals surface area (Å²) in [6.45, 7) is 3.27. The summed E-state index contributed by atoms with van der Waals surface area (Å²) in [5.41, 5.74) is 5.62. The highest BCUT2D eigenvalue weighted by molar-refractivity contribution is 5.91. The van der Waals surface area contributed by atoms with Crippen molar-refractivity contribution in [2.24, 2.45) is 0 Å². The number of nitrogens with zero attached hydrogens (tertiary/aromatic N) is 5. The number of aromatic amines is 1. The molecule has 33 heavy (non-hydrogen) atoms. The van der Waals surface area contributed by atoms with Crippen molar-refractivity contribution >= 4 is 22.8 Å². The van der Waals surface area contributed by atoms with Gasteiger partial charge in [-0.15, -0.1) is 0 Å². The third kappa shape index (κ3) is 3.42. The van der Waals surface area contributed by atoms with Crippen LogP contribution in [0.2, 0.25) is 0 Å². The van der Waals surface area contributed by atoms with Crippen molar-refractivity contribution in [2.75, 3.05) is 37.1 Å². The fraction of sp³-hybridized carbons (Fsp3) is 0.320. The highest BCUT2D eigenvalue weighted by atomic mass is 16.5. The normalized spacial score (nSPS) is 15.0. The van der Waals surface area contributed by atoms with Gasteiger partial charge in [0.05, 0.1) is 25.3 Å². The van der Waals surface area contributed by atoms with E-state index in [-0.39, 0.29) is 0 Å². The molecule has 0 bridgehead atoms. The highest BCUT2D eigenvalue weighted by Crippen LogP contribution is 2.36. The first kappa shape index (κ1) is 19.8. The zero-order valence-electron chi connectivity index (χ0n) is 18.8. The van der Waals surface area contributed by atoms with Gasteiger partial charge in [-0.3, -0.25) is 5.10 Å². The van der Waals surface area contributed by atoms with Crippen molar-refractivity contribution in [3.63, 3.8) is 0 Å². The second-order valence-electron chi connectivity index (χ2n) is 8.55. The van der Waals surface area contributed by atoms with Crippen LogP contribution in [0, 0.1) is 0 Å². The van der Waals surface area contributed by atoms with Crippen LogP contribution in [-0.2, 0) is 25.9 Å². The van der Waals surface area contributed by atoms with E-state index in [1.54, 1.807) is 14.2 Å². The maximum atomic E-state index is 5.52. The number of rotatable bonds is 5. The molecule has 2 aromatic heterocycles. The van der Waals surface area contributed by atoms with Crippen LogP contribution in [0.1, 0.15) is 22.4 Å². The van der Waals surface area contributed by atoms with Crippen molar-refractivity contribution in [3.05, 3.63) is 64.8 Å². The lowest BCUT2D eigenvalue weighted by Gasteiger charge is -2.32. The maximum Gasteiger partial charge on any atom is 0.229 e. The molecule has 2 aliphatic heterocycles. The SMILES string of the molecule is COc1cc2c(cc1OC)CN(c1nc3c4c(n[nH]c4n1)CCN3Cc1ccccc1)CC2. The van der Waals surface area contributed by atoms with Gasteiger partial charge in [-0.25, -0.2) is 0 Å². The molecule has 6 rings (SSSR count). The molecular weight excluding hydrogens is 416 g/mol. The van der Waals surface area contributed by atoms with Crippen molar-refractivity contribution in [3.8, 4) is 11.5 Å². The van der Waals surface area contributed by atoms with Gasteiger partial charge < -0.3 is 19.3 Å². The van der Waals surface area contributed by atoms with E-state index in [2.05, 4.69) is 56.4 Å². The van der Waals surface area contributed by atoms with Crippen LogP contribution in [0.5, 0.6) is 11.5 Å². The van der Waals surface area contributed by atoms with Gasteiger partial charge in [-0.05, 0) is 35.2 Å². The fourth-order valence-electron chi connectivity index (χ4n) is 4.87. The van der Waals surface area contributed by atoms with Crippen molar-refractivity contribution in [1.82, 2.24) is 20.2 Å². The standard InChI is InChI=1S/C25H26N6O2/c1-32-20-12-17-8-10-31(15-18(17)13-21(20)33-2)25-26-23-22-19(28-29-23)9-11-30(24(22)27-25)14-16-6-4-3-5-7-16/h3-7,12-13H,8-11,14-15H2,1-2H3,(H,26,27,28,29). The Bertz CT molecular complexity index is 1320. The lowest BCUT2D eigenvalue weighted by Crippen LogP contribution is -2.34. The third-order valence-electron chi connectivity index (χ3n) is 6.60. The number of fused-ring (bicyclic) bond motifs is 1. The summed E-state index contributed by atoms with van der Waals surface area (Å²) in [5, 5.41) is 8.72. The highest BCUT2D eigenvalue weighted by Gasteiger charge is 2.28. The molecule has 0 spiro atoms. The summed E-state index contributed by atoms with van der Waals surface area (Å²) in [6.07, 6.45) is 1.79. The zero-order valence-corrected chi connectivity index (χ0v) is 18.8. The number of H-pyrrole nitrogens is 1. The number of aromatic nitrogens is 4. The molecular formula is C25H26N6O2. The summed E-state index contributed by atoms with van der Waals surface area (Å²) in [6, 6.07) is 14.7. The first-order valence-electron chi connectivity index (χ1n) is 11.3. The molecule has 0 unspecified atom stereocenters. The van der Waals surface area contributed by atoms with E-state index in [1.165, 1.54) is 16.7 Å². The van der Waals surface area contributed by atoms with Crippen LogP contribution >= 0.6 is 0 Å². The quantitative estimate of drug-likeness (QED) is 0.507. The Morgan fingerprint density at radius 1 is 0.939 bits per heavy atom. The Labute approximate surface area is 192 Å². The number of methoxy groups -OCH3 is 2. The molecule has 8 heteroatoms. The fourth-order valence-corrected chi connectivity index (χ4v) is 4.87. The van der Waals surface area contributed by atoms with Crippen LogP contribution in [0.3, 0.4) is 0 Å². The molecule has 8 nitrogen and oxygen atoms in total. The third-order valence-corrected chi connectivity index (χ3v) is 6.60. The largest absolute Gasteiger partial charge is 0.493 e. The smallest absolute Gasteiger partial charge is 0.229 e. The van der Waals surface area contributed by atoms with Crippen LogP contribution in [0.15, 0.2) is 42.5 Å². The van der Waals surface area contributed by atoms with E-state index >= 15 is 0 Å². The minimum absolute atomic E-state index is 0.723. The molecule has 0 aliphatic carbocycles. The van der Waals surface area contributed by atoms with Gasteiger partial charge in [-0.2, -0.15) is 15.1 Å². The summed E-state index contributed by atoms with van der Waals surface area (Å²) in [5.74, 6) is 3.21. The minimum Gasteiger partial charge on any atom is -0.493 e. The zero-order chi connectivity index (χ0) is 22.4. The van der Waals surface area contributed by atoms with Gasteiger partial charge >= 0.3 is 0 Å². The molecule has 0 radical (unpaired) electrons. The van der Waals surface area contributed by atoms with E-state index in [4.69, 9.17) is 19.4 Å². The summed E-state index contributed by atoms with van der Waals surface area (Å²) in [4.78, 5) is 14.5. The topological polar surface area (TPSA) is 79.4 Å². The second kappa shape index (κ2) is 7.95. The molecule has 0 saturated carbocycles. The van der Waals surface area contributed by atoms with Gasteiger partial charge in [0.25, 0.3) is 0 Å². The van der Waals surface area contributed by atoms with Crippen LogP contribution in [-0.4, -0.2) is 47.5 Å².